The van der Waals surface area contributed by atoms with Gasteiger partial charge in [-0.3, -0.25) is 4.79 Å². The van der Waals surface area contributed by atoms with Gasteiger partial charge < -0.3 is 10.6 Å². The molecule has 1 aliphatic carbocycles. The number of likely N-dealkylation sites (tertiary alicyclic amines) is 1. The summed E-state index contributed by atoms with van der Waals surface area (Å²) in [6.45, 7) is 4.32. The van der Waals surface area contributed by atoms with E-state index in [1.54, 1.807) is 6.20 Å². The van der Waals surface area contributed by atoms with Crippen LogP contribution in [0, 0.1) is 11.8 Å². The number of carbonyl (C=O) groups excluding carboxylic acids is 1. The van der Waals surface area contributed by atoms with Gasteiger partial charge in [-0.15, -0.1) is 24.8 Å². The van der Waals surface area contributed by atoms with Gasteiger partial charge >= 0.3 is 0 Å². The van der Waals surface area contributed by atoms with Crippen LogP contribution in [0.15, 0.2) is 42.6 Å². The van der Waals surface area contributed by atoms with E-state index in [0.29, 0.717) is 23.9 Å². The van der Waals surface area contributed by atoms with Crippen LogP contribution in [-0.2, 0) is 6.54 Å². The molecule has 3 atom stereocenters. The van der Waals surface area contributed by atoms with Crippen LogP contribution in [-0.4, -0.2) is 44.7 Å². The van der Waals surface area contributed by atoms with Gasteiger partial charge in [0.2, 0.25) is 0 Å². The van der Waals surface area contributed by atoms with Crippen molar-refractivity contribution in [2.75, 3.05) is 13.1 Å². The van der Waals surface area contributed by atoms with Crippen molar-refractivity contribution in [3.05, 3.63) is 48.2 Å². The molecule has 2 aromatic heterocycles. The number of hydrogen-bond acceptors (Lipinski definition) is 4. The Morgan fingerprint density at radius 1 is 1.17 bits per heavy atom. The first-order valence-corrected chi connectivity index (χ1v) is 10.1. The Bertz CT molecular complexity index is 1040. The average Bonchev–Trinajstić information content (AvgIpc) is 3.43. The highest BCUT2D eigenvalue weighted by atomic mass is 35.5. The number of nitrogens with two attached hydrogens (primary N) is 1. The Hall–Kier alpha value is -2.15. The Morgan fingerprint density at radius 2 is 1.93 bits per heavy atom. The number of aromatic nitrogens is 3. The quantitative estimate of drug-likeness (QED) is 0.662. The number of aryl methyl sites for hydroxylation is 1. The second kappa shape index (κ2) is 8.92. The van der Waals surface area contributed by atoms with Crippen molar-refractivity contribution in [1.29, 1.82) is 0 Å². The number of rotatable bonds is 3. The van der Waals surface area contributed by atoms with Crippen LogP contribution in [0.2, 0.25) is 0 Å². The summed E-state index contributed by atoms with van der Waals surface area (Å²) in [5.74, 6) is 1.05. The van der Waals surface area contributed by atoms with Gasteiger partial charge in [0.05, 0.1) is 22.8 Å². The van der Waals surface area contributed by atoms with Crippen molar-refractivity contribution in [3.8, 4) is 11.3 Å². The van der Waals surface area contributed by atoms with Gasteiger partial charge in [-0.05, 0) is 37.7 Å². The highest BCUT2D eigenvalue weighted by Crippen LogP contribution is 2.38. The molecular formula is C22H27Cl2N5O. The number of pyridine rings is 1. The molecular weight excluding hydrogens is 421 g/mol. The lowest BCUT2D eigenvalue weighted by atomic mass is 9.98. The Morgan fingerprint density at radius 3 is 2.63 bits per heavy atom. The number of amides is 1. The zero-order valence-electron chi connectivity index (χ0n) is 16.9. The molecule has 0 spiro atoms. The summed E-state index contributed by atoms with van der Waals surface area (Å²) >= 11 is 0. The molecule has 1 amide bonds. The molecule has 1 aliphatic heterocycles. The molecule has 5 rings (SSSR count). The largest absolute Gasteiger partial charge is 0.338 e. The molecule has 0 radical (unpaired) electrons. The van der Waals surface area contributed by atoms with Crippen molar-refractivity contribution in [2.45, 2.75) is 32.4 Å². The minimum atomic E-state index is 0. The first-order valence-electron chi connectivity index (χ1n) is 10.1. The first kappa shape index (κ1) is 22.5. The molecule has 1 aromatic carbocycles. The molecule has 2 fully saturated rings. The number of benzene rings is 1. The summed E-state index contributed by atoms with van der Waals surface area (Å²) in [5.41, 5.74) is 9.54. The highest BCUT2D eigenvalue weighted by molar-refractivity contribution is 6.06. The predicted octanol–water partition coefficient (Wildman–Crippen LogP) is 3.77. The van der Waals surface area contributed by atoms with E-state index < -0.39 is 0 Å². The van der Waals surface area contributed by atoms with Gasteiger partial charge in [0.1, 0.15) is 0 Å². The fraction of sp³-hybridized carbons (Fsp3) is 0.409. The monoisotopic (exact) mass is 447 g/mol. The second-order valence-corrected chi connectivity index (χ2v) is 7.99. The van der Waals surface area contributed by atoms with Gasteiger partial charge in [-0.2, -0.15) is 5.10 Å². The predicted molar refractivity (Wildman–Crippen MR) is 123 cm³/mol. The van der Waals surface area contributed by atoms with Crippen LogP contribution in [0.3, 0.4) is 0 Å². The summed E-state index contributed by atoms with van der Waals surface area (Å²) in [7, 11) is 0. The fourth-order valence-corrected chi connectivity index (χ4v) is 4.86. The SMILES string of the molecule is CCn1ncc2c(C(=O)N3CC4CCC(N)C4C3)cc(-c3ccccc3)nc21.Cl.Cl. The van der Waals surface area contributed by atoms with Crippen LogP contribution < -0.4 is 5.73 Å². The Kier molecular flexibility index (Phi) is 6.70. The third-order valence-electron chi connectivity index (χ3n) is 6.41. The van der Waals surface area contributed by atoms with Crippen molar-refractivity contribution in [1.82, 2.24) is 19.7 Å². The van der Waals surface area contributed by atoms with Gasteiger partial charge in [0, 0.05) is 31.2 Å². The molecule has 2 aliphatic rings. The van der Waals surface area contributed by atoms with Crippen LogP contribution >= 0.6 is 24.8 Å². The number of halogens is 2. The third kappa shape index (κ3) is 3.68. The van der Waals surface area contributed by atoms with Crippen molar-refractivity contribution in [3.63, 3.8) is 0 Å². The summed E-state index contributed by atoms with van der Waals surface area (Å²) < 4.78 is 1.85. The second-order valence-electron chi connectivity index (χ2n) is 7.99. The molecule has 3 unspecified atom stereocenters. The van der Waals surface area contributed by atoms with Crippen molar-refractivity contribution < 1.29 is 4.79 Å². The fourth-order valence-electron chi connectivity index (χ4n) is 4.86. The maximum atomic E-state index is 13.5. The molecule has 3 aromatic rings. The summed E-state index contributed by atoms with van der Waals surface area (Å²) in [5, 5.41) is 5.28. The lowest BCUT2D eigenvalue weighted by Gasteiger charge is -2.19. The average molecular weight is 448 g/mol. The molecule has 1 saturated carbocycles. The van der Waals surface area contributed by atoms with E-state index in [1.165, 1.54) is 0 Å². The number of fused-ring (bicyclic) bond motifs is 2. The van der Waals surface area contributed by atoms with Crippen LogP contribution in [0.25, 0.3) is 22.3 Å². The zero-order valence-corrected chi connectivity index (χ0v) is 18.5. The Labute approximate surface area is 188 Å². The number of hydrogen-bond donors (Lipinski definition) is 1. The molecule has 1 saturated heterocycles. The van der Waals surface area contributed by atoms with Gasteiger partial charge in [0.25, 0.3) is 5.91 Å². The van der Waals surface area contributed by atoms with E-state index in [9.17, 15) is 4.79 Å². The summed E-state index contributed by atoms with van der Waals surface area (Å²) in [6, 6.07) is 12.2. The lowest BCUT2D eigenvalue weighted by Crippen LogP contribution is -2.33. The summed E-state index contributed by atoms with van der Waals surface area (Å²) in [6.07, 6.45) is 3.99. The number of carbonyl (C=O) groups is 1. The highest BCUT2D eigenvalue weighted by Gasteiger charge is 2.42. The molecule has 160 valence electrons. The normalized spacial score (nSPS) is 22.5. The molecule has 0 bridgehead atoms. The minimum absolute atomic E-state index is 0. The van der Waals surface area contributed by atoms with Crippen molar-refractivity contribution >= 4 is 41.8 Å². The topological polar surface area (TPSA) is 77.0 Å². The molecule has 3 heterocycles. The summed E-state index contributed by atoms with van der Waals surface area (Å²) in [4.78, 5) is 20.3. The molecule has 8 heteroatoms. The third-order valence-corrected chi connectivity index (χ3v) is 6.41. The zero-order chi connectivity index (χ0) is 19.3. The first-order chi connectivity index (χ1) is 13.7. The van der Waals surface area contributed by atoms with E-state index in [4.69, 9.17) is 10.7 Å². The van der Waals surface area contributed by atoms with Crippen molar-refractivity contribution in [2.24, 2.45) is 17.6 Å². The van der Waals surface area contributed by atoms with Crippen LogP contribution in [0.4, 0.5) is 0 Å². The molecule has 30 heavy (non-hydrogen) atoms. The standard InChI is InChI=1S/C22H25N5O.2ClH/c1-2-27-21-17(11-24-27)16(10-20(25-21)14-6-4-3-5-7-14)22(28)26-12-15-8-9-19(23)18(15)13-26;;/h3-7,10-11,15,18-19H,2,8-9,12-13,23H2,1H3;2*1H. The van der Waals surface area contributed by atoms with Gasteiger partial charge in [-0.1, -0.05) is 30.3 Å². The maximum Gasteiger partial charge on any atom is 0.254 e. The van der Waals surface area contributed by atoms with E-state index in [1.807, 2.05) is 52.9 Å². The maximum absolute atomic E-state index is 13.5. The van der Waals surface area contributed by atoms with E-state index in [2.05, 4.69) is 5.10 Å². The molecule has 2 N–H and O–H groups in total. The van der Waals surface area contributed by atoms with Gasteiger partial charge in [-0.25, -0.2) is 9.67 Å². The van der Waals surface area contributed by atoms with E-state index in [0.717, 1.165) is 48.2 Å². The lowest BCUT2D eigenvalue weighted by molar-refractivity contribution is 0.0781. The minimum Gasteiger partial charge on any atom is -0.338 e. The van der Waals surface area contributed by atoms with Crippen LogP contribution in [0.5, 0.6) is 0 Å². The van der Waals surface area contributed by atoms with E-state index in [-0.39, 0.29) is 36.8 Å². The van der Waals surface area contributed by atoms with Gasteiger partial charge in [0.15, 0.2) is 5.65 Å². The van der Waals surface area contributed by atoms with E-state index >= 15 is 0 Å². The van der Waals surface area contributed by atoms with Crippen LogP contribution in [0.1, 0.15) is 30.1 Å². The number of nitrogens with zero attached hydrogens (tertiary/aromatic N) is 4. The molecule has 6 nitrogen and oxygen atoms in total. The Balaban J connectivity index is 0.00000128. The smallest absolute Gasteiger partial charge is 0.254 e.